The number of rotatable bonds is 9. The van der Waals surface area contributed by atoms with Crippen LogP contribution in [0.15, 0.2) is 84.3 Å². The molecule has 0 fully saturated rings. The van der Waals surface area contributed by atoms with Crippen LogP contribution in [0.2, 0.25) is 0 Å². The van der Waals surface area contributed by atoms with Gasteiger partial charge in [0.1, 0.15) is 30.5 Å². The smallest absolute Gasteiger partial charge is 0.255 e. The van der Waals surface area contributed by atoms with E-state index in [1.165, 1.54) is 6.33 Å². The van der Waals surface area contributed by atoms with Crippen molar-refractivity contribution < 1.29 is 23.7 Å². The number of benzene rings is 3. The number of ether oxygens (including phenoxy) is 4. The van der Waals surface area contributed by atoms with Crippen LogP contribution in [0.3, 0.4) is 0 Å². The number of nitrogens with zero attached hydrogens (tertiary/aromatic N) is 3. The van der Waals surface area contributed by atoms with Gasteiger partial charge in [-0.15, -0.1) is 0 Å². The molecule has 4 aromatic rings. The molecule has 0 radical (unpaired) electrons. The minimum absolute atomic E-state index is 0.332. The summed E-state index contributed by atoms with van der Waals surface area (Å²) in [5.74, 6) is 2.41. The van der Waals surface area contributed by atoms with E-state index in [0.29, 0.717) is 52.5 Å². The predicted octanol–water partition coefficient (Wildman–Crippen LogP) is 4.81. The zero-order valence-corrected chi connectivity index (χ0v) is 22.1. The number of hydrogen-bond acceptors (Lipinski definition) is 8. The average molecular weight is 528 g/mol. The largest absolute Gasteiger partial charge is 0.497 e. The molecule has 2 N–H and O–H groups in total. The van der Waals surface area contributed by atoms with Crippen molar-refractivity contribution in [2.75, 3.05) is 32.0 Å². The summed E-state index contributed by atoms with van der Waals surface area (Å²) in [5.41, 5.74) is 3.39. The fourth-order valence-electron chi connectivity index (χ4n) is 4.50. The topological polar surface area (TPSA) is 109 Å². The Balaban J connectivity index is 1.49. The first kappa shape index (κ1) is 25.7. The lowest BCUT2D eigenvalue weighted by molar-refractivity contribution is -0.113. The van der Waals surface area contributed by atoms with Gasteiger partial charge in [0.05, 0.1) is 32.6 Å². The normalized spacial score (nSPS) is 14.2. The van der Waals surface area contributed by atoms with E-state index in [1.54, 1.807) is 44.2 Å². The molecule has 1 aliphatic heterocycles. The summed E-state index contributed by atoms with van der Waals surface area (Å²) in [5, 5.41) is 10.6. The standard InChI is InChI=1S/C29H29N5O5/c1-18-26(28(35)33-22-15-21(36-2)11-13-23(22)37-3)27(34-29(32-18)30-17-31-34)20-10-12-24(25(14-20)38-4)39-16-19-8-6-5-7-9-19/h5-15,17,27H,16H2,1-4H3,(H,33,35)(H,30,31,32). The second kappa shape index (κ2) is 11.2. The molecule has 10 nitrogen and oxygen atoms in total. The second-order valence-corrected chi connectivity index (χ2v) is 8.80. The Bertz CT molecular complexity index is 1520. The maximum absolute atomic E-state index is 13.8. The minimum Gasteiger partial charge on any atom is -0.497 e. The van der Waals surface area contributed by atoms with Gasteiger partial charge in [-0.3, -0.25) is 4.79 Å². The number of methoxy groups -OCH3 is 3. The highest BCUT2D eigenvalue weighted by molar-refractivity contribution is 6.06. The number of fused-ring (bicyclic) bond motifs is 1. The van der Waals surface area contributed by atoms with E-state index in [-0.39, 0.29) is 5.91 Å². The van der Waals surface area contributed by atoms with Gasteiger partial charge in [-0.2, -0.15) is 10.1 Å². The molecule has 1 atom stereocenters. The van der Waals surface area contributed by atoms with Gasteiger partial charge < -0.3 is 29.6 Å². The fourth-order valence-corrected chi connectivity index (χ4v) is 4.50. The lowest BCUT2D eigenvalue weighted by Gasteiger charge is -2.29. The number of aromatic nitrogens is 3. The van der Waals surface area contributed by atoms with Gasteiger partial charge in [-0.05, 0) is 42.3 Å². The molecule has 0 aliphatic carbocycles. The summed E-state index contributed by atoms with van der Waals surface area (Å²) in [4.78, 5) is 18.1. The number of amides is 1. The molecular weight excluding hydrogens is 498 g/mol. The second-order valence-electron chi connectivity index (χ2n) is 8.80. The summed E-state index contributed by atoms with van der Waals surface area (Å²) < 4.78 is 24.2. The van der Waals surface area contributed by atoms with Crippen LogP contribution in [0, 0.1) is 0 Å². The maximum Gasteiger partial charge on any atom is 0.255 e. The van der Waals surface area contributed by atoms with Crippen molar-refractivity contribution >= 4 is 17.5 Å². The number of carbonyl (C=O) groups is 1. The van der Waals surface area contributed by atoms with Crippen LogP contribution in [0.25, 0.3) is 0 Å². The fraction of sp³-hybridized carbons (Fsp3) is 0.207. The van der Waals surface area contributed by atoms with Crippen molar-refractivity contribution in [3.05, 3.63) is 95.5 Å². The van der Waals surface area contributed by atoms with Crippen molar-refractivity contribution in [3.8, 4) is 23.0 Å². The van der Waals surface area contributed by atoms with Crippen LogP contribution in [-0.2, 0) is 11.4 Å². The summed E-state index contributed by atoms with van der Waals surface area (Å²) in [6.07, 6.45) is 1.45. The van der Waals surface area contributed by atoms with Crippen LogP contribution >= 0.6 is 0 Å². The highest BCUT2D eigenvalue weighted by atomic mass is 16.5. The van der Waals surface area contributed by atoms with Gasteiger partial charge in [0.15, 0.2) is 11.5 Å². The molecule has 0 bridgehead atoms. The van der Waals surface area contributed by atoms with Gasteiger partial charge in [-0.1, -0.05) is 36.4 Å². The van der Waals surface area contributed by atoms with Gasteiger partial charge in [0, 0.05) is 11.8 Å². The Morgan fingerprint density at radius 3 is 2.46 bits per heavy atom. The highest BCUT2D eigenvalue weighted by Gasteiger charge is 2.34. The Hall–Kier alpha value is -4.99. The van der Waals surface area contributed by atoms with E-state index in [0.717, 1.165) is 11.1 Å². The van der Waals surface area contributed by atoms with E-state index < -0.39 is 6.04 Å². The van der Waals surface area contributed by atoms with Gasteiger partial charge in [-0.25, -0.2) is 4.68 Å². The number of hydrogen-bond donors (Lipinski definition) is 2. The Morgan fingerprint density at radius 1 is 0.949 bits per heavy atom. The van der Waals surface area contributed by atoms with Gasteiger partial charge >= 0.3 is 0 Å². The average Bonchev–Trinajstić information content (AvgIpc) is 3.43. The minimum atomic E-state index is -0.586. The molecule has 1 aliphatic rings. The zero-order valence-electron chi connectivity index (χ0n) is 22.1. The first-order valence-corrected chi connectivity index (χ1v) is 12.3. The first-order valence-electron chi connectivity index (χ1n) is 12.3. The molecule has 0 saturated carbocycles. The van der Waals surface area contributed by atoms with E-state index in [4.69, 9.17) is 18.9 Å². The predicted molar refractivity (Wildman–Crippen MR) is 146 cm³/mol. The molecule has 1 unspecified atom stereocenters. The Morgan fingerprint density at radius 2 is 1.72 bits per heavy atom. The maximum atomic E-state index is 13.8. The molecular formula is C29H29N5O5. The van der Waals surface area contributed by atoms with Crippen LogP contribution in [0.4, 0.5) is 11.6 Å². The Labute approximate surface area is 226 Å². The quantitative estimate of drug-likeness (QED) is 0.319. The third-order valence-corrected chi connectivity index (χ3v) is 6.43. The monoisotopic (exact) mass is 527 g/mol. The molecule has 0 saturated heterocycles. The van der Waals surface area contributed by atoms with Crippen LogP contribution in [0.5, 0.6) is 23.0 Å². The number of carbonyl (C=O) groups excluding carboxylic acids is 1. The van der Waals surface area contributed by atoms with Crippen molar-refractivity contribution in [1.82, 2.24) is 14.8 Å². The summed E-state index contributed by atoms with van der Waals surface area (Å²) in [6, 6.07) is 20.1. The molecule has 1 amide bonds. The zero-order chi connectivity index (χ0) is 27.4. The molecule has 2 heterocycles. The molecule has 39 heavy (non-hydrogen) atoms. The molecule has 5 rings (SSSR count). The summed E-state index contributed by atoms with van der Waals surface area (Å²) >= 11 is 0. The molecule has 0 spiro atoms. The molecule has 1 aromatic heterocycles. The first-order chi connectivity index (χ1) is 19.0. The number of allylic oxidation sites excluding steroid dienone is 1. The van der Waals surface area contributed by atoms with E-state index in [2.05, 4.69) is 20.7 Å². The van der Waals surface area contributed by atoms with Gasteiger partial charge in [0.25, 0.3) is 5.91 Å². The number of nitrogens with one attached hydrogen (secondary N) is 2. The van der Waals surface area contributed by atoms with E-state index >= 15 is 0 Å². The van der Waals surface area contributed by atoms with Gasteiger partial charge in [0.2, 0.25) is 5.95 Å². The summed E-state index contributed by atoms with van der Waals surface area (Å²) in [7, 11) is 4.69. The van der Waals surface area contributed by atoms with Crippen LogP contribution < -0.4 is 29.6 Å². The SMILES string of the molecule is COc1ccc(OC)c(NC(=O)C2=C(C)Nc3ncnn3C2c2ccc(OCc3ccccc3)c(OC)c2)c1. The molecule has 10 heteroatoms. The van der Waals surface area contributed by atoms with E-state index in [1.807, 2.05) is 55.5 Å². The van der Waals surface area contributed by atoms with Crippen LogP contribution in [0.1, 0.15) is 24.1 Å². The van der Waals surface area contributed by atoms with Crippen molar-refractivity contribution in [1.29, 1.82) is 0 Å². The van der Waals surface area contributed by atoms with E-state index in [9.17, 15) is 4.79 Å². The van der Waals surface area contributed by atoms with Crippen molar-refractivity contribution in [2.24, 2.45) is 0 Å². The lowest BCUT2D eigenvalue weighted by Crippen LogP contribution is -2.31. The Kier molecular flexibility index (Phi) is 7.35. The lowest BCUT2D eigenvalue weighted by atomic mass is 9.94. The molecule has 3 aromatic carbocycles. The highest BCUT2D eigenvalue weighted by Crippen LogP contribution is 2.39. The van der Waals surface area contributed by atoms with Crippen LogP contribution in [-0.4, -0.2) is 42.0 Å². The molecule has 200 valence electrons. The summed E-state index contributed by atoms with van der Waals surface area (Å²) in [6.45, 7) is 2.23. The van der Waals surface area contributed by atoms with Crippen molar-refractivity contribution in [3.63, 3.8) is 0 Å². The third kappa shape index (κ3) is 5.22. The number of anilines is 2. The van der Waals surface area contributed by atoms with Crippen molar-refractivity contribution in [2.45, 2.75) is 19.6 Å². The third-order valence-electron chi connectivity index (χ3n) is 6.43.